The summed E-state index contributed by atoms with van der Waals surface area (Å²) in [5.41, 5.74) is 9.46. The van der Waals surface area contributed by atoms with E-state index in [0.29, 0.717) is 22.0 Å². The Kier molecular flexibility index (Phi) is 4.38. The van der Waals surface area contributed by atoms with Crippen molar-refractivity contribution in [2.24, 2.45) is 0 Å². The molecule has 21 heavy (non-hydrogen) atoms. The van der Waals surface area contributed by atoms with Gasteiger partial charge in [-0.25, -0.2) is 0 Å². The minimum absolute atomic E-state index is 0.211. The van der Waals surface area contributed by atoms with Crippen LogP contribution >= 0.6 is 11.6 Å². The third kappa shape index (κ3) is 3.28. The SMILES string of the molecule is Cc1c(Cl)cccc1NC(=O)c1ccc(N(C)C)c(N)c1. The molecule has 0 saturated carbocycles. The van der Waals surface area contributed by atoms with Gasteiger partial charge in [-0.05, 0) is 42.8 Å². The fraction of sp³-hybridized carbons (Fsp3) is 0.188. The van der Waals surface area contributed by atoms with Crippen molar-refractivity contribution in [3.05, 3.63) is 52.5 Å². The summed E-state index contributed by atoms with van der Waals surface area (Å²) in [6.07, 6.45) is 0. The molecule has 110 valence electrons. The number of amides is 1. The van der Waals surface area contributed by atoms with Gasteiger partial charge in [-0.1, -0.05) is 17.7 Å². The number of hydrogen-bond donors (Lipinski definition) is 2. The van der Waals surface area contributed by atoms with Crippen LogP contribution < -0.4 is 16.0 Å². The molecule has 5 heteroatoms. The molecule has 0 saturated heterocycles. The molecule has 0 radical (unpaired) electrons. The molecule has 2 rings (SSSR count). The standard InChI is InChI=1S/C16H18ClN3O/c1-10-12(17)5-4-6-14(10)19-16(21)11-7-8-15(20(2)3)13(18)9-11/h4-9H,18H2,1-3H3,(H,19,21). The van der Waals surface area contributed by atoms with Gasteiger partial charge in [0.15, 0.2) is 0 Å². The molecule has 0 fully saturated rings. The molecule has 1 amide bonds. The minimum atomic E-state index is -0.211. The van der Waals surface area contributed by atoms with Crippen LogP contribution in [0.25, 0.3) is 0 Å². The number of nitrogen functional groups attached to an aromatic ring is 1. The molecular formula is C16H18ClN3O. The molecule has 0 aromatic heterocycles. The number of carbonyl (C=O) groups is 1. The smallest absolute Gasteiger partial charge is 0.255 e. The van der Waals surface area contributed by atoms with E-state index in [1.807, 2.05) is 38.1 Å². The summed E-state index contributed by atoms with van der Waals surface area (Å²) in [6, 6.07) is 10.7. The first-order chi connectivity index (χ1) is 9.90. The lowest BCUT2D eigenvalue weighted by Gasteiger charge is -2.16. The molecule has 0 heterocycles. The maximum atomic E-state index is 12.3. The molecule has 0 spiro atoms. The van der Waals surface area contributed by atoms with Crippen molar-refractivity contribution in [2.45, 2.75) is 6.92 Å². The van der Waals surface area contributed by atoms with Gasteiger partial charge in [0.05, 0.1) is 11.4 Å². The van der Waals surface area contributed by atoms with Gasteiger partial charge in [-0.3, -0.25) is 4.79 Å². The summed E-state index contributed by atoms with van der Waals surface area (Å²) in [7, 11) is 3.81. The number of benzene rings is 2. The Morgan fingerprint density at radius 1 is 1.24 bits per heavy atom. The number of nitrogens with one attached hydrogen (secondary N) is 1. The normalized spacial score (nSPS) is 10.3. The molecule has 0 aliphatic heterocycles. The molecule has 2 aromatic carbocycles. The maximum absolute atomic E-state index is 12.3. The van der Waals surface area contributed by atoms with Gasteiger partial charge in [0.25, 0.3) is 5.91 Å². The van der Waals surface area contributed by atoms with Crippen LogP contribution in [0.2, 0.25) is 5.02 Å². The zero-order valence-corrected chi connectivity index (χ0v) is 13.0. The number of nitrogens with two attached hydrogens (primary N) is 1. The second-order valence-electron chi connectivity index (χ2n) is 5.03. The van der Waals surface area contributed by atoms with Crippen molar-refractivity contribution >= 4 is 34.6 Å². The number of carbonyl (C=O) groups excluding carboxylic acids is 1. The molecule has 0 unspecified atom stereocenters. The number of anilines is 3. The fourth-order valence-corrected chi connectivity index (χ4v) is 2.21. The molecule has 0 aliphatic rings. The molecule has 0 bridgehead atoms. The zero-order chi connectivity index (χ0) is 15.6. The first-order valence-corrected chi connectivity index (χ1v) is 6.91. The predicted molar refractivity (Wildman–Crippen MR) is 89.3 cm³/mol. The highest BCUT2D eigenvalue weighted by Crippen LogP contribution is 2.25. The van der Waals surface area contributed by atoms with Gasteiger partial charge in [0, 0.05) is 30.4 Å². The van der Waals surface area contributed by atoms with Gasteiger partial charge in [-0.15, -0.1) is 0 Å². The average Bonchev–Trinajstić information content (AvgIpc) is 2.43. The Balaban J connectivity index is 2.25. The Labute approximate surface area is 129 Å². The van der Waals surface area contributed by atoms with Crippen molar-refractivity contribution in [1.29, 1.82) is 0 Å². The first kappa shape index (κ1) is 15.2. The third-order valence-corrected chi connectivity index (χ3v) is 3.70. The molecule has 4 nitrogen and oxygen atoms in total. The van der Waals surface area contributed by atoms with Crippen LogP contribution in [0, 0.1) is 6.92 Å². The summed E-state index contributed by atoms with van der Waals surface area (Å²) < 4.78 is 0. The second kappa shape index (κ2) is 6.06. The van der Waals surface area contributed by atoms with Crippen LogP contribution in [-0.2, 0) is 0 Å². The highest BCUT2D eigenvalue weighted by molar-refractivity contribution is 6.31. The molecule has 0 aliphatic carbocycles. The Morgan fingerprint density at radius 3 is 2.57 bits per heavy atom. The van der Waals surface area contributed by atoms with Gasteiger partial charge >= 0.3 is 0 Å². The lowest BCUT2D eigenvalue weighted by atomic mass is 10.1. The van der Waals surface area contributed by atoms with Crippen molar-refractivity contribution in [2.75, 3.05) is 30.0 Å². The minimum Gasteiger partial charge on any atom is -0.397 e. The molecule has 3 N–H and O–H groups in total. The molecule has 0 atom stereocenters. The van der Waals surface area contributed by atoms with Crippen LogP contribution in [0.1, 0.15) is 15.9 Å². The van der Waals surface area contributed by atoms with E-state index < -0.39 is 0 Å². The molecule has 2 aromatic rings. The maximum Gasteiger partial charge on any atom is 0.255 e. The summed E-state index contributed by atoms with van der Waals surface area (Å²) in [6.45, 7) is 1.86. The van der Waals surface area contributed by atoms with Gasteiger partial charge < -0.3 is 16.0 Å². The Bertz CT molecular complexity index is 683. The fourth-order valence-electron chi connectivity index (χ4n) is 2.04. The van der Waals surface area contributed by atoms with E-state index in [9.17, 15) is 4.79 Å². The van der Waals surface area contributed by atoms with Gasteiger partial charge in [0.2, 0.25) is 0 Å². The highest BCUT2D eigenvalue weighted by Gasteiger charge is 2.11. The second-order valence-corrected chi connectivity index (χ2v) is 5.44. The van der Waals surface area contributed by atoms with E-state index >= 15 is 0 Å². The van der Waals surface area contributed by atoms with E-state index in [2.05, 4.69) is 5.32 Å². The summed E-state index contributed by atoms with van der Waals surface area (Å²) >= 11 is 6.05. The average molecular weight is 304 g/mol. The van der Waals surface area contributed by atoms with Gasteiger partial charge in [-0.2, -0.15) is 0 Å². The quantitative estimate of drug-likeness (QED) is 0.853. The van der Waals surface area contributed by atoms with Crippen molar-refractivity contribution < 1.29 is 4.79 Å². The summed E-state index contributed by atoms with van der Waals surface area (Å²) in [5, 5.41) is 3.47. The predicted octanol–water partition coefficient (Wildman–Crippen LogP) is 3.55. The van der Waals surface area contributed by atoms with Crippen LogP contribution in [0.15, 0.2) is 36.4 Å². The van der Waals surface area contributed by atoms with Crippen molar-refractivity contribution in [3.63, 3.8) is 0 Å². The van der Waals surface area contributed by atoms with Crippen LogP contribution in [0.4, 0.5) is 17.1 Å². The summed E-state index contributed by atoms with van der Waals surface area (Å²) in [4.78, 5) is 14.2. The molecular weight excluding hydrogens is 286 g/mol. The van der Waals surface area contributed by atoms with Crippen LogP contribution in [-0.4, -0.2) is 20.0 Å². The van der Waals surface area contributed by atoms with Crippen LogP contribution in [0.3, 0.4) is 0 Å². The van der Waals surface area contributed by atoms with Crippen molar-refractivity contribution in [3.8, 4) is 0 Å². The van der Waals surface area contributed by atoms with E-state index in [1.54, 1.807) is 24.3 Å². The van der Waals surface area contributed by atoms with E-state index in [1.165, 1.54) is 0 Å². The Morgan fingerprint density at radius 2 is 1.95 bits per heavy atom. The Hall–Kier alpha value is -2.20. The zero-order valence-electron chi connectivity index (χ0n) is 12.3. The third-order valence-electron chi connectivity index (χ3n) is 3.29. The largest absolute Gasteiger partial charge is 0.397 e. The monoisotopic (exact) mass is 303 g/mol. The van der Waals surface area contributed by atoms with E-state index in [0.717, 1.165) is 11.3 Å². The number of hydrogen-bond acceptors (Lipinski definition) is 3. The van der Waals surface area contributed by atoms with Gasteiger partial charge in [0.1, 0.15) is 0 Å². The van der Waals surface area contributed by atoms with Crippen molar-refractivity contribution in [1.82, 2.24) is 0 Å². The summed E-state index contributed by atoms with van der Waals surface area (Å²) in [5.74, 6) is -0.211. The topological polar surface area (TPSA) is 58.4 Å². The lowest BCUT2D eigenvalue weighted by molar-refractivity contribution is 0.102. The number of rotatable bonds is 3. The first-order valence-electron chi connectivity index (χ1n) is 6.53. The van der Waals surface area contributed by atoms with Crippen LogP contribution in [0.5, 0.6) is 0 Å². The lowest BCUT2D eigenvalue weighted by Crippen LogP contribution is -2.15. The van der Waals surface area contributed by atoms with E-state index in [-0.39, 0.29) is 5.91 Å². The highest BCUT2D eigenvalue weighted by atomic mass is 35.5. The number of nitrogens with zero attached hydrogens (tertiary/aromatic N) is 1. The number of halogens is 1. The van der Waals surface area contributed by atoms with E-state index in [4.69, 9.17) is 17.3 Å².